The van der Waals surface area contributed by atoms with Crippen LogP contribution < -0.4 is 11.5 Å². The number of amides is 2. The van der Waals surface area contributed by atoms with Crippen molar-refractivity contribution in [1.29, 1.82) is 0 Å². The van der Waals surface area contributed by atoms with Gasteiger partial charge in [-0.2, -0.15) is 0 Å². The third-order valence-electron chi connectivity index (χ3n) is 1.23. The lowest BCUT2D eigenvalue weighted by Gasteiger charge is -2.14. The van der Waals surface area contributed by atoms with Crippen molar-refractivity contribution in [3.63, 3.8) is 0 Å². The summed E-state index contributed by atoms with van der Waals surface area (Å²) in [5.41, 5.74) is 8.44. The van der Waals surface area contributed by atoms with Gasteiger partial charge in [0.25, 0.3) is 0 Å². The van der Waals surface area contributed by atoms with Crippen LogP contribution in [0.4, 0.5) is 0 Å². The van der Waals surface area contributed by atoms with Crippen molar-refractivity contribution in [3.05, 3.63) is 0 Å². The second-order valence-corrected chi connectivity index (χ2v) is 2.35. The fourth-order valence-electron chi connectivity index (χ4n) is 0.121. The molecule has 0 spiro atoms. The Kier molecular flexibility index (Phi) is 1.80. The molecule has 0 rings (SSSR count). The summed E-state index contributed by atoms with van der Waals surface area (Å²) < 4.78 is 0. The van der Waals surface area contributed by atoms with E-state index in [-0.39, 0.29) is 0 Å². The second-order valence-electron chi connectivity index (χ2n) is 2.35. The van der Waals surface area contributed by atoms with E-state index in [0.29, 0.717) is 0 Å². The number of nitrogens with two attached hydrogens (primary N) is 2. The molecular formula is C5H10N2O2. The Labute approximate surface area is 53.2 Å². The summed E-state index contributed by atoms with van der Waals surface area (Å²) in [6.45, 7) is 2.77. The Balaban J connectivity index is 4.38. The minimum absolute atomic E-state index is 0.699. The molecule has 0 aromatic heterocycles. The summed E-state index contributed by atoms with van der Waals surface area (Å²) in [5, 5.41) is 0. The van der Waals surface area contributed by atoms with Gasteiger partial charge in [-0.15, -0.1) is 0 Å². The average molecular weight is 130 g/mol. The fourth-order valence-corrected chi connectivity index (χ4v) is 0.121. The standard InChI is InChI=1S/C5H10N2O2/c1-5(2,3(6)8)4(7)9/h1-2H3,(H2,6,8)(H2,7,9). The van der Waals surface area contributed by atoms with Gasteiger partial charge >= 0.3 is 0 Å². The lowest BCUT2D eigenvalue weighted by atomic mass is 9.92. The van der Waals surface area contributed by atoms with Gasteiger partial charge in [0.15, 0.2) is 0 Å². The SMILES string of the molecule is CC(C)(C(N)=O)C(N)=O. The Bertz CT molecular complexity index is 135. The highest BCUT2D eigenvalue weighted by molar-refractivity contribution is 6.02. The maximum atomic E-state index is 10.4. The molecule has 0 aromatic carbocycles. The van der Waals surface area contributed by atoms with Crippen LogP contribution in [0.25, 0.3) is 0 Å². The molecular weight excluding hydrogens is 120 g/mol. The fraction of sp³-hybridized carbons (Fsp3) is 0.600. The van der Waals surface area contributed by atoms with Gasteiger partial charge in [-0.1, -0.05) is 0 Å². The molecule has 52 valence electrons. The van der Waals surface area contributed by atoms with Crippen LogP contribution in [-0.2, 0) is 9.59 Å². The van der Waals surface area contributed by atoms with Crippen LogP contribution in [0.3, 0.4) is 0 Å². The summed E-state index contributed by atoms with van der Waals surface area (Å²) in [4.78, 5) is 20.8. The average Bonchev–Trinajstić information content (AvgIpc) is 1.65. The highest BCUT2D eigenvalue weighted by Crippen LogP contribution is 2.11. The summed E-state index contributed by atoms with van der Waals surface area (Å²) >= 11 is 0. The van der Waals surface area contributed by atoms with Gasteiger partial charge < -0.3 is 11.5 Å². The van der Waals surface area contributed by atoms with Gasteiger partial charge in [-0.25, -0.2) is 0 Å². The van der Waals surface area contributed by atoms with Crippen molar-refractivity contribution in [2.24, 2.45) is 16.9 Å². The number of rotatable bonds is 2. The first-order valence-electron chi connectivity index (χ1n) is 2.49. The van der Waals surface area contributed by atoms with Gasteiger partial charge in [0.2, 0.25) is 11.8 Å². The van der Waals surface area contributed by atoms with E-state index in [1.54, 1.807) is 0 Å². The number of hydrogen-bond acceptors (Lipinski definition) is 2. The molecule has 0 aromatic rings. The zero-order valence-corrected chi connectivity index (χ0v) is 5.47. The van der Waals surface area contributed by atoms with Crippen LogP contribution in [0.2, 0.25) is 0 Å². The molecule has 0 heterocycles. The lowest BCUT2D eigenvalue weighted by Crippen LogP contribution is -2.42. The van der Waals surface area contributed by atoms with Crippen LogP contribution in [0, 0.1) is 5.41 Å². The summed E-state index contributed by atoms with van der Waals surface area (Å²) in [6.07, 6.45) is 0. The zero-order valence-electron chi connectivity index (χ0n) is 5.47. The first kappa shape index (κ1) is 7.94. The van der Waals surface area contributed by atoms with Gasteiger partial charge in [-0.05, 0) is 13.8 Å². The van der Waals surface area contributed by atoms with E-state index in [2.05, 4.69) is 0 Å². The third-order valence-corrected chi connectivity index (χ3v) is 1.23. The van der Waals surface area contributed by atoms with Gasteiger partial charge in [0.05, 0.1) is 0 Å². The van der Waals surface area contributed by atoms with E-state index < -0.39 is 17.2 Å². The molecule has 0 aliphatic heterocycles. The zero-order chi connectivity index (χ0) is 7.65. The number of hydrogen-bond donors (Lipinski definition) is 2. The van der Waals surface area contributed by atoms with Crippen LogP contribution >= 0.6 is 0 Å². The first-order chi connectivity index (χ1) is 3.89. The summed E-state index contributed by atoms with van der Waals surface area (Å²) in [7, 11) is 0. The molecule has 0 unspecified atom stereocenters. The Morgan fingerprint density at radius 3 is 1.33 bits per heavy atom. The van der Waals surface area contributed by atoms with Crippen LogP contribution in [0.1, 0.15) is 13.8 Å². The minimum atomic E-state index is -1.22. The normalized spacial score (nSPS) is 10.9. The smallest absolute Gasteiger partial charge is 0.232 e. The highest BCUT2D eigenvalue weighted by atomic mass is 16.2. The summed E-state index contributed by atoms with van der Waals surface area (Å²) in [6, 6.07) is 0. The molecule has 4 nitrogen and oxygen atoms in total. The van der Waals surface area contributed by atoms with Gasteiger partial charge in [-0.3, -0.25) is 9.59 Å². The molecule has 9 heavy (non-hydrogen) atoms. The van der Waals surface area contributed by atoms with E-state index in [0.717, 1.165) is 0 Å². The van der Waals surface area contributed by atoms with Gasteiger partial charge in [0.1, 0.15) is 5.41 Å². The van der Waals surface area contributed by atoms with E-state index in [4.69, 9.17) is 11.5 Å². The van der Waals surface area contributed by atoms with E-state index in [1.807, 2.05) is 0 Å². The highest BCUT2D eigenvalue weighted by Gasteiger charge is 2.31. The molecule has 2 amide bonds. The van der Waals surface area contributed by atoms with Crippen molar-refractivity contribution < 1.29 is 9.59 Å². The molecule has 0 bridgehead atoms. The van der Waals surface area contributed by atoms with Crippen molar-refractivity contribution in [2.45, 2.75) is 13.8 Å². The maximum Gasteiger partial charge on any atom is 0.232 e. The van der Waals surface area contributed by atoms with E-state index in [9.17, 15) is 9.59 Å². The molecule has 0 atom stereocenters. The molecule has 0 aliphatic rings. The molecule has 4 heteroatoms. The molecule has 4 N–H and O–H groups in total. The van der Waals surface area contributed by atoms with Crippen LogP contribution in [0.5, 0.6) is 0 Å². The molecule has 0 saturated carbocycles. The largest absolute Gasteiger partial charge is 0.369 e. The summed E-state index contributed by atoms with van der Waals surface area (Å²) in [5.74, 6) is -1.40. The van der Waals surface area contributed by atoms with E-state index in [1.165, 1.54) is 13.8 Å². The van der Waals surface area contributed by atoms with Crippen molar-refractivity contribution in [1.82, 2.24) is 0 Å². The van der Waals surface area contributed by atoms with Crippen molar-refractivity contribution in [2.75, 3.05) is 0 Å². The molecule has 0 saturated heterocycles. The Morgan fingerprint density at radius 1 is 1.11 bits per heavy atom. The lowest BCUT2D eigenvalue weighted by molar-refractivity contribution is -0.137. The van der Waals surface area contributed by atoms with Crippen molar-refractivity contribution in [3.8, 4) is 0 Å². The topological polar surface area (TPSA) is 86.2 Å². The monoisotopic (exact) mass is 130 g/mol. The second kappa shape index (κ2) is 2.05. The van der Waals surface area contributed by atoms with Crippen LogP contribution in [-0.4, -0.2) is 11.8 Å². The predicted octanol–water partition coefficient (Wildman–Crippen LogP) is -1.02. The molecule has 0 radical (unpaired) electrons. The minimum Gasteiger partial charge on any atom is -0.369 e. The number of carbonyl (C=O) groups is 2. The number of carbonyl (C=O) groups excluding carboxylic acids is 2. The van der Waals surface area contributed by atoms with Crippen molar-refractivity contribution >= 4 is 11.8 Å². The number of primary amides is 2. The Morgan fingerprint density at radius 2 is 1.33 bits per heavy atom. The van der Waals surface area contributed by atoms with Gasteiger partial charge in [0, 0.05) is 0 Å². The first-order valence-corrected chi connectivity index (χ1v) is 2.49. The molecule has 0 fully saturated rings. The molecule has 0 aliphatic carbocycles. The third kappa shape index (κ3) is 1.42. The van der Waals surface area contributed by atoms with Crippen LogP contribution in [0.15, 0.2) is 0 Å². The predicted molar refractivity (Wildman–Crippen MR) is 32.2 cm³/mol. The Hall–Kier alpha value is -1.06. The van der Waals surface area contributed by atoms with E-state index >= 15 is 0 Å². The maximum absolute atomic E-state index is 10.4. The quantitative estimate of drug-likeness (QED) is 0.469.